The molecular formula is C11H13N3O2S. The Balaban J connectivity index is 2.02. The number of fused-ring (bicyclic) bond motifs is 1. The Morgan fingerprint density at radius 1 is 1.53 bits per heavy atom. The summed E-state index contributed by atoms with van der Waals surface area (Å²) in [6, 6.07) is 5.08. The van der Waals surface area contributed by atoms with Gasteiger partial charge in [-0.05, 0) is 18.2 Å². The molecule has 0 aliphatic rings. The van der Waals surface area contributed by atoms with Crippen LogP contribution in [0.4, 0.5) is 0 Å². The highest BCUT2D eigenvalue weighted by Crippen LogP contribution is 2.25. The molecule has 0 aliphatic heterocycles. The highest BCUT2D eigenvalue weighted by molar-refractivity contribution is 7.18. The van der Waals surface area contributed by atoms with E-state index in [1.54, 1.807) is 18.2 Å². The van der Waals surface area contributed by atoms with Gasteiger partial charge in [0, 0.05) is 13.0 Å². The van der Waals surface area contributed by atoms with Gasteiger partial charge in [-0.1, -0.05) is 0 Å². The summed E-state index contributed by atoms with van der Waals surface area (Å²) in [4.78, 5) is 15.3. The van der Waals surface area contributed by atoms with Gasteiger partial charge in [-0.15, -0.1) is 11.3 Å². The SMILES string of the molecule is NCC(=O)NCCc1nc2ccc(O)cc2s1. The third-order valence-corrected chi connectivity index (χ3v) is 3.34. The van der Waals surface area contributed by atoms with Crippen LogP contribution < -0.4 is 11.1 Å². The van der Waals surface area contributed by atoms with Crippen molar-refractivity contribution in [2.75, 3.05) is 13.1 Å². The van der Waals surface area contributed by atoms with E-state index < -0.39 is 0 Å². The zero-order chi connectivity index (χ0) is 12.3. The zero-order valence-electron chi connectivity index (χ0n) is 9.14. The second-order valence-corrected chi connectivity index (χ2v) is 4.68. The fourth-order valence-corrected chi connectivity index (χ4v) is 2.45. The number of phenols is 1. The molecule has 0 aliphatic carbocycles. The van der Waals surface area contributed by atoms with Crippen LogP contribution in [0.15, 0.2) is 18.2 Å². The van der Waals surface area contributed by atoms with Gasteiger partial charge in [0.05, 0.1) is 21.8 Å². The Kier molecular flexibility index (Phi) is 3.55. The Hall–Kier alpha value is -1.66. The van der Waals surface area contributed by atoms with Gasteiger partial charge in [-0.2, -0.15) is 0 Å². The monoisotopic (exact) mass is 251 g/mol. The number of phenolic OH excluding ortho intramolecular Hbond substituents is 1. The molecule has 90 valence electrons. The first-order valence-corrected chi connectivity index (χ1v) is 6.06. The Bertz CT molecular complexity index is 538. The largest absolute Gasteiger partial charge is 0.508 e. The van der Waals surface area contributed by atoms with E-state index in [0.717, 1.165) is 15.2 Å². The smallest absolute Gasteiger partial charge is 0.233 e. The van der Waals surface area contributed by atoms with Crippen molar-refractivity contribution in [3.05, 3.63) is 23.2 Å². The summed E-state index contributed by atoms with van der Waals surface area (Å²) in [6.07, 6.45) is 0.672. The molecule has 1 heterocycles. The van der Waals surface area contributed by atoms with Crippen molar-refractivity contribution in [3.8, 4) is 5.75 Å². The van der Waals surface area contributed by atoms with Crippen LogP contribution in [0.3, 0.4) is 0 Å². The van der Waals surface area contributed by atoms with E-state index in [1.165, 1.54) is 11.3 Å². The van der Waals surface area contributed by atoms with E-state index in [-0.39, 0.29) is 18.2 Å². The van der Waals surface area contributed by atoms with Crippen molar-refractivity contribution in [1.29, 1.82) is 0 Å². The second kappa shape index (κ2) is 5.11. The number of aromatic hydroxyl groups is 1. The molecule has 17 heavy (non-hydrogen) atoms. The number of thiazole rings is 1. The quantitative estimate of drug-likeness (QED) is 0.743. The number of rotatable bonds is 4. The molecule has 6 heteroatoms. The molecule has 0 bridgehead atoms. The number of carbonyl (C=O) groups is 1. The third-order valence-electron chi connectivity index (χ3n) is 2.26. The molecule has 0 saturated heterocycles. The summed E-state index contributed by atoms with van der Waals surface area (Å²) >= 11 is 1.52. The van der Waals surface area contributed by atoms with Crippen LogP contribution in [0.25, 0.3) is 10.2 Å². The van der Waals surface area contributed by atoms with Crippen molar-refractivity contribution >= 4 is 27.5 Å². The van der Waals surface area contributed by atoms with Crippen LogP contribution in [-0.4, -0.2) is 29.1 Å². The summed E-state index contributed by atoms with van der Waals surface area (Å²) in [7, 11) is 0. The van der Waals surface area contributed by atoms with Crippen LogP contribution >= 0.6 is 11.3 Å². The van der Waals surface area contributed by atoms with Crippen LogP contribution in [-0.2, 0) is 11.2 Å². The first kappa shape index (κ1) is 11.8. The van der Waals surface area contributed by atoms with Crippen molar-refractivity contribution in [3.63, 3.8) is 0 Å². The number of benzene rings is 1. The van der Waals surface area contributed by atoms with E-state index in [1.807, 2.05) is 0 Å². The Morgan fingerprint density at radius 2 is 2.35 bits per heavy atom. The Morgan fingerprint density at radius 3 is 3.12 bits per heavy atom. The number of hydrogen-bond acceptors (Lipinski definition) is 5. The predicted octanol–water partition coefficient (Wildman–Crippen LogP) is 0.619. The minimum Gasteiger partial charge on any atom is -0.508 e. The van der Waals surface area contributed by atoms with Crippen molar-refractivity contribution in [2.24, 2.45) is 5.73 Å². The van der Waals surface area contributed by atoms with Gasteiger partial charge in [0.1, 0.15) is 5.75 Å². The lowest BCUT2D eigenvalue weighted by Crippen LogP contribution is -2.31. The molecule has 2 rings (SSSR count). The molecule has 0 fully saturated rings. The van der Waals surface area contributed by atoms with Crippen LogP contribution in [0.1, 0.15) is 5.01 Å². The molecule has 0 atom stereocenters. The minimum atomic E-state index is -0.163. The van der Waals surface area contributed by atoms with Gasteiger partial charge in [0.2, 0.25) is 5.91 Å². The lowest BCUT2D eigenvalue weighted by molar-refractivity contribution is -0.119. The third kappa shape index (κ3) is 2.92. The van der Waals surface area contributed by atoms with E-state index in [4.69, 9.17) is 5.73 Å². The molecule has 4 N–H and O–H groups in total. The van der Waals surface area contributed by atoms with Gasteiger partial charge >= 0.3 is 0 Å². The fraction of sp³-hybridized carbons (Fsp3) is 0.273. The molecule has 1 aromatic carbocycles. The highest BCUT2D eigenvalue weighted by Gasteiger charge is 2.05. The maximum atomic E-state index is 10.9. The number of hydrogen-bond donors (Lipinski definition) is 3. The molecule has 0 spiro atoms. The second-order valence-electron chi connectivity index (χ2n) is 3.56. The minimum absolute atomic E-state index is 0.00766. The maximum Gasteiger partial charge on any atom is 0.233 e. The van der Waals surface area contributed by atoms with Crippen molar-refractivity contribution < 1.29 is 9.90 Å². The number of carbonyl (C=O) groups excluding carboxylic acids is 1. The topological polar surface area (TPSA) is 88.2 Å². The lowest BCUT2D eigenvalue weighted by atomic mass is 10.3. The zero-order valence-corrected chi connectivity index (χ0v) is 9.96. The molecule has 1 amide bonds. The molecular weight excluding hydrogens is 238 g/mol. The standard InChI is InChI=1S/C11H13N3O2S/c12-6-10(16)13-4-3-11-14-8-2-1-7(15)5-9(8)17-11/h1-2,5,15H,3-4,6,12H2,(H,13,16). The van der Waals surface area contributed by atoms with Crippen molar-refractivity contribution in [1.82, 2.24) is 10.3 Å². The first-order valence-electron chi connectivity index (χ1n) is 5.24. The highest BCUT2D eigenvalue weighted by atomic mass is 32.1. The van der Waals surface area contributed by atoms with Gasteiger partial charge in [-0.25, -0.2) is 4.98 Å². The van der Waals surface area contributed by atoms with Crippen LogP contribution in [0.5, 0.6) is 5.75 Å². The van der Waals surface area contributed by atoms with Crippen LogP contribution in [0, 0.1) is 0 Å². The molecule has 1 aromatic heterocycles. The number of nitrogens with two attached hydrogens (primary N) is 1. The van der Waals surface area contributed by atoms with Crippen LogP contribution in [0.2, 0.25) is 0 Å². The summed E-state index contributed by atoms with van der Waals surface area (Å²) < 4.78 is 0.949. The van der Waals surface area contributed by atoms with Gasteiger partial charge in [-0.3, -0.25) is 4.79 Å². The van der Waals surface area contributed by atoms with E-state index in [9.17, 15) is 9.90 Å². The lowest BCUT2D eigenvalue weighted by Gasteiger charge is -1.99. The number of aromatic nitrogens is 1. The van der Waals surface area contributed by atoms with E-state index >= 15 is 0 Å². The van der Waals surface area contributed by atoms with Crippen molar-refractivity contribution in [2.45, 2.75) is 6.42 Å². The summed E-state index contributed by atoms with van der Waals surface area (Å²) in [6.45, 7) is 0.537. The Labute approximate surface area is 102 Å². The van der Waals surface area contributed by atoms with E-state index in [0.29, 0.717) is 13.0 Å². The van der Waals surface area contributed by atoms with Gasteiger partial charge < -0.3 is 16.2 Å². The van der Waals surface area contributed by atoms with E-state index in [2.05, 4.69) is 10.3 Å². The number of amides is 1. The average molecular weight is 251 g/mol. The summed E-state index contributed by atoms with van der Waals surface area (Å²) in [5.41, 5.74) is 6.05. The fourth-order valence-electron chi connectivity index (χ4n) is 1.45. The molecule has 5 nitrogen and oxygen atoms in total. The maximum absolute atomic E-state index is 10.9. The predicted molar refractivity (Wildman–Crippen MR) is 67.1 cm³/mol. The summed E-state index contributed by atoms with van der Waals surface area (Å²) in [5, 5.41) is 13.0. The first-order chi connectivity index (χ1) is 8.19. The molecule has 2 aromatic rings. The average Bonchev–Trinajstić information content (AvgIpc) is 2.70. The number of nitrogens with zero attached hydrogens (tertiary/aromatic N) is 1. The van der Waals surface area contributed by atoms with Gasteiger partial charge in [0.25, 0.3) is 0 Å². The molecule has 0 saturated carbocycles. The molecule has 0 radical (unpaired) electrons. The van der Waals surface area contributed by atoms with Gasteiger partial charge in [0.15, 0.2) is 0 Å². The molecule has 0 unspecified atom stereocenters. The summed E-state index contributed by atoms with van der Waals surface area (Å²) in [5.74, 6) is 0.0768. The normalized spacial score (nSPS) is 10.6. The number of nitrogens with one attached hydrogen (secondary N) is 1.